The van der Waals surface area contributed by atoms with Crippen LogP contribution in [-0.2, 0) is 0 Å². The zero-order valence-corrected chi connectivity index (χ0v) is 9.92. The number of aromatic hydroxyl groups is 1. The van der Waals surface area contributed by atoms with Gasteiger partial charge in [-0.15, -0.1) is 0 Å². The molecule has 0 aliphatic carbocycles. The number of rotatable bonds is 2. The summed E-state index contributed by atoms with van der Waals surface area (Å²) in [6.07, 6.45) is 1.52. The zero-order chi connectivity index (χ0) is 13.4. The lowest BCUT2D eigenvalue weighted by atomic mass is 10.2. The van der Waals surface area contributed by atoms with Crippen molar-refractivity contribution in [1.82, 2.24) is 10.1 Å². The molecule has 0 bridgehead atoms. The molecule has 5 nitrogen and oxygen atoms in total. The van der Waals surface area contributed by atoms with E-state index >= 15 is 0 Å². The Labute approximate surface area is 107 Å². The van der Waals surface area contributed by atoms with Gasteiger partial charge in [-0.25, -0.2) is 4.39 Å². The van der Waals surface area contributed by atoms with Crippen LogP contribution in [0.25, 0.3) is 23.0 Å². The molecule has 1 aromatic carbocycles. The molecule has 2 aromatic heterocycles. The van der Waals surface area contributed by atoms with E-state index in [0.29, 0.717) is 5.76 Å². The van der Waals surface area contributed by atoms with Crippen LogP contribution in [0.1, 0.15) is 5.56 Å². The van der Waals surface area contributed by atoms with Crippen LogP contribution in [0.4, 0.5) is 4.39 Å². The van der Waals surface area contributed by atoms with Gasteiger partial charge in [0.25, 0.3) is 5.89 Å². The number of furan rings is 1. The van der Waals surface area contributed by atoms with E-state index in [1.807, 2.05) is 6.92 Å². The quantitative estimate of drug-likeness (QED) is 0.766. The molecule has 0 radical (unpaired) electrons. The van der Waals surface area contributed by atoms with Crippen LogP contribution in [0.5, 0.6) is 5.75 Å². The number of aromatic nitrogens is 2. The molecule has 0 unspecified atom stereocenters. The summed E-state index contributed by atoms with van der Waals surface area (Å²) in [5.74, 6) is 0.0790. The van der Waals surface area contributed by atoms with Gasteiger partial charge < -0.3 is 14.0 Å². The fourth-order valence-corrected chi connectivity index (χ4v) is 1.71. The van der Waals surface area contributed by atoms with Crippen molar-refractivity contribution < 1.29 is 18.4 Å². The molecule has 19 heavy (non-hydrogen) atoms. The third-order valence-electron chi connectivity index (χ3n) is 2.68. The molecule has 0 spiro atoms. The van der Waals surface area contributed by atoms with Crippen molar-refractivity contribution >= 4 is 0 Å². The number of phenols is 1. The van der Waals surface area contributed by atoms with Crippen LogP contribution < -0.4 is 0 Å². The van der Waals surface area contributed by atoms with Gasteiger partial charge in [0.1, 0.15) is 11.6 Å². The molecule has 96 valence electrons. The van der Waals surface area contributed by atoms with Gasteiger partial charge in [0, 0.05) is 6.07 Å². The SMILES string of the molecule is Cc1ccoc1-c1noc(-c2ccc(F)cc2O)n1. The fourth-order valence-electron chi connectivity index (χ4n) is 1.71. The van der Waals surface area contributed by atoms with Gasteiger partial charge in [0.15, 0.2) is 5.76 Å². The summed E-state index contributed by atoms with van der Waals surface area (Å²) in [4.78, 5) is 4.12. The molecule has 1 N–H and O–H groups in total. The molecule has 6 heteroatoms. The Balaban J connectivity index is 2.04. The van der Waals surface area contributed by atoms with Crippen molar-refractivity contribution in [2.45, 2.75) is 6.92 Å². The third kappa shape index (κ3) is 1.97. The lowest BCUT2D eigenvalue weighted by Gasteiger charge is -1.98. The van der Waals surface area contributed by atoms with E-state index in [4.69, 9.17) is 8.94 Å². The Morgan fingerprint density at radius 3 is 2.79 bits per heavy atom. The molecule has 3 aromatic rings. The summed E-state index contributed by atoms with van der Waals surface area (Å²) in [6, 6.07) is 5.34. The first-order valence-corrected chi connectivity index (χ1v) is 5.52. The molecule has 0 amide bonds. The standard InChI is InChI=1S/C13H9FN2O3/c1-7-4-5-18-11(7)12-15-13(19-16-12)9-3-2-8(14)6-10(9)17/h2-6,17H,1H3. The van der Waals surface area contributed by atoms with E-state index in [1.54, 1.807) is 6.07 Å². The van der Waals surface area contributed by atoms with Crippen molar-refractivity contribution in [2.75, 3.05) is 0 Å². The minimum absolute atomic E-state index is 0.100. The normalized spacial score (nSPS) is 10.8. The summed E-state index contributed by atoms with van der Waals surface area (Å²) in [5, 5.41) is 13.4. The maximum atomic E-state index is 12.9. The van der Waals surface area contributed by atoms with Crippen LogP contribution >= 0.6 is 0 Å². The van der Waals surface area contributed by atoms with Crippen molar-refractivity contribution in [1.29, 1.82) is 0 Å². The zero-order valence-electron chi connectivity index (χ0n) is 9.92. The maximum absolute atomic E-state index is 12.9. The average molecular weight is 260 g/mol. The number of hydrogen-bond donors (Lipinski definition) is 1. The highest BCUT2D eigenvalue weighted by molar-refractivity contribution is 5.64. The van der Waals surface area contributed by atoms with Crippen LogP contribution in [0, 0.1) is 12.7 Å². The lowest BCUT2D eigenvalue weighted by molar-refractivity contribution is 0.422. The predicted octanol–water partition coefficient (Wildman–Crippen LogP) is 3.15. The molecule has 0 aliphatic rings. The van der Waals surface area contributed by atoms with E-state index < -0.39 is 5.82 Å². The monoisotopic (exact) mass is 260 g/mol. The van der Waals surface area contributed by atoms with E-state index in [-0.39, 0.29) is 23.0 Å². The number of benzene rings is 1. The van der Waals surface area contributed by atoms with E-state index in [1.165, 1.54) is 18.4 Å². The summed E-state index contributed by atoms with van der Waals surface area (Å²) >= 11 is 0. The van der Waals surface area contributed by atoms with Gasteiger partial charge in [0.05, 0.1) is 11.8 Å². The fraction of sp³-hybridized carbons (Fsp3) is 0.0769. The Bertz CT molecular complexity index is 733. The van der Waals surface area contributed by atoms with Gasteiger partial charge in [-0.1, -0.05) is 5.16 Å². The minimum Gasteiger partial charge on any atom is -0.507 e. The number of aryl methyl sites for hydroxylation is 1. The second-order valence-electron chi connectivity index (χ2n) is 4.02. The minimum atomic E-state index is -0.539. The molecule has 0 atom stereocenters. The number of halogens is 1. The molecule has 0 fully saturated rings. The first-order chi connectivity index (χ1) is 9.15. The van der Waals surface area contributed by atoms with Crippen molar-refractivity contribution in [3.05, 3.63) is 41.9 Å². The number of phenolic OH excluding ortho intramolecular Hbond substituents is 1. The highest BCUT2D eigenvalue weighted by Crippen LogP contribution is 2.30. The van der Waals surface area contributed by atoms with Crippen LogP contribution in [-0.4, -0.2) is 15.2 Å². The molecule has 0 aliphatic heterocycles. The van der Waals surface area contributed by atoms with Gasteiger partial charge >= 0.3 is 0 Å². The highest BCUT2D eigenvalue weighted by Gasteiger charge is 2.17. The lowest BCUT2D eigenvalue weighted by Crippen LogP contribution is -1.83. The summed E-state index contributed by atoms with van der Waals surface area (Å²) in [5.41, 5.74) is 1.14. The van der Waals surface area contributed by atoms with Gasteiger partial charge in [-0.05, 0) is 30.7 Å². The average Bonchev–Trinajstić information content (AvgIpc) is 2.97. The topological polar surface area (TPSA) is 72.3 Å². The molecule has 2 heterocycles. The Morgan fingerprint density at radius 1 is 1.26 bits per heavy atom. The maximum Gasteiger partial charge on any atom is 0.262 e. The number of hydrogen-bond acceptors (Lipinski definition) is 5. The third-order valence-corrected chi connectivity index (χ3v) is 2.68. The molecule has 3 rings (SSSR count). The summed E-state index contributed by atoms with van der Waals surface area (Å²) in [7, 11) is 0. The van der Waals surface area contributed by atoms with Crippen LogP contribution in [0.2, 0.25) is 0 Å². The van der Waals surface area contributed by atoms with E-state index in [9.17, 15) is 9.50 Å². The van der Waals surface area contributed by atoms with Crippen molar-refractivity contribution in [3.8, 4) is 28.8 Å². The highest BCUT2D eigenvalue weighted by atomic mass is 19.1. The predicted molar refractivity (Wildman–Crippen MR) is 63.8 cm³/mol. The second kappa shape index (κ2) is 4.24. The molecular formula is C13H9FN2O3. The summed E-state index contributed by atoms with van der Waals surface area (Å²) < 4.78 is 23.2. The van der Waals surface area contributed by atoms with Gasteiger partial charge in [-0.3, -0.25) is 0 Å². The van der Waals surface area contributed by atoms with Crippen LogP contribution in [0.3, 0.4) is 0 Å². The van der Waals surface area contributed by atoms with Crippen molar-refractivity contribution in [2.24, 2.45) is 0 Å². The van der Waals surface area contributed by atoms with E-state index in [2.05, 4.69) is 10.1 Å². The Morgan fingerprint density at radius 2 is 2.11 bits per heavy atom. The molecule has 0 saturated heterocycles. The molecule has 0 saturated carbocycles. The first-order valence-electron chi connectivity index (χ1n) is 5.52. The van der Waals surface area contributed by atoms with Gasteiger partial charge in [-0.2, -0.15) is 4.98 Å². The largest absolute Gasteiger partial charge is 0.507 e. The van der Waals surface area contributed by atoms with E-state index in [0.717, 1.165) is 11.6 Å². The Kier molecular flexibility index (Phi) is 2.56. The first kappa shape index (κ1) is 11.5. The smallest absolute Gasteiger partial charge is 0.262 e. The number of nitrogens with zero attached hydrogens (tertiary/aromatic N) is 2. The second-order valence-corrected chi connectivity index (χ2v) is 4.02. The van der Waals surface area contributed by atoms with Gasteiger partial charge in [0.2, 0.25) is 5.82 Å². The summed E-state index contributed by atoms with van der Waals surface area (Å²) in [6.45, 7) is 1.85. The molecular weight excluding hydrogens is 251 g/mol. The Hall–Kier alpha value is -2.63. The van der Waals surface area contributed by atoms with Crippen molar-refractivity contribution in [3.63, 3.8) is 0 Å². The van der Waals surface area contributed by atoms with Crippen LogP contribution in [0.15, 0.2) is 39.5 Å².